The van der Waals surface area contributed by atoms with Gasteiger partial charge in [0.1, 0.15) is 0 Å². The maximum atomic E-state index is 6.32. The number of hydrogen-bond acceptors (Lipinski definition) is 2. The molecule has 4 atom stereocenters. The van der Waals surface area contributed by atoms with Crippen LogP contribution in [0.2, 0.25) is 0 Å². The van der Waals surface area contributed by atoms with Gasteiger partial charge in [-0.1, -0.05) is 25.1 Å². The van der Waals surface area contributed by atoms with E-state index in [-0.39, 0.29) is 0 Å². The van der Waals surface area contributed by atoms with Gasteiger partial charge >= 0.3 is 0 Å². The minimum absolute atomic E-state index is 0.450. The van der Waals surface area contributed by atoms with Gasteiger partial charge in [-0.3, -0.25) is 0 Å². The van der Waals surface area contributed by atoms with Crippen molar-refractivity contribution in [2.24, 2.45) is 17.6 Å². The van der Waals surface area contributed by atoms with Crippen LogP contribution < -0.4 is 5.73 Å². The van der Waals surface area contributed by atoms with Crippen LogP contribution in [0.4, 0.5) is 0 Å². The van der Waals surface area contributed by atoms with E-state index in [9.17, 15) is 0 Å². The number of thioether (sulfide) groups is 1. The molecule has 0 aromatic heterocycles. The zero-order valence-electron chi connectivity index (χ0n) is 11.1. The third-order valence-electron chi connectivity index (χ3n) is 4.58. The molecule has 1 aliphatic carbocycles. The fraction of sp³-hybridized carbons (Fsp3) is 0.625. The summed E-state index contributed by atoms with van der Waals surface area (Å²) in [6.07, 6.45) is 6.46. The zero-order chi connectivity index (χ0) is 12.5. The van der Waals surface area contributed by atoms with Crippen LogP contribution in [-0.4, -0.2) is 11.3 Å². The van der Waals surface area contributed by atoms with Crippen LogP contribution in [0.25, 0.3) is 0 Å². The van der Waals surface area contributed by atoms with Crippen LogP contribution in [0.1, 0.15) is 38.2 Å². The molecule has 3 rings (SSSR count). The average Bonchev–Trinajstić information content (AvgIpc) is 2.76. The molecule has 2 aliphatic rings. The number of fused-ring (bicyclic) bond motifs is 1. The first-order valence-electron chi connectivity index (χ1n) is 7.22. The quantitative estimate of drug-likeness (QED) is 0.875. The van der Waals surface area contributed by atoms with Crippen LogP contribution in [0, 0.1) is 11.8 Å². The molecule has 4 unspecified atom stereocenters. The van der Waals surface area contributed by atoms with Crippen molar-refractivity contribution in [2.75, 3.05) is 0 Å². The molecule has 1 fully saturated rings. The lowest BCUT2D eigenvalue weighted by Crippen LogP contribution is -2.37. The predicted molar refractivity (Wildman–Crippen MR) is 78.9 cm³/mol. The fourth-order valence-electron chi connectivity index (χ4n) is 3.52. The topological polar surface area (TPSA) is 26.0 Å². The maximum Gasteiger partial charge on any atom is 0.0138 e. The molecule has 1 nitrogen and oxygen atoms in total. The number of nitrogens with two attached hydrogens (primary N) is 1. The predicted octanol–water partition coefficient (Wildman–Crippen LogP) is 3.86. The van der Waals surface area contributed by atoms with Crippen molar-refractivity contribution in [1.82, 2.24) is 0 Å². The Balaban J connectivity index is 1.62. The lowest BCUT2D eigenvalue weighted by atomic mass is 9.77. The molecule has 0 radical (unpaired) electrons. The summed E-state index contributed by atoms with van der Waals surface area (Å²) in [6.45, 7) is 2.38. The summed E-state index contributed by atoms with van der Waals surface area (Å²) < 4.78 is 0. The van der Waals surface area contributed by atoms with E-state index in [1.165, 1.54) is 37.0 Å². The van der Waals surface area contributed by atoms with E-state index in [2.05, 4.69) is 43.0 Å². The van der Waals surface area contributed by atoms with Gasteiger partial charge < -0.3 is 5.73 Å². The van der Waals surface area contributed by atoms with Crippen LogP contribution in [0.3, 0.4) is 0 Å². The molecule has 98 valence electrons. The molecule has 1 saturated carbocycles. The second kappa shape index (κ2) is 5.26. The van der Waals surface area contributed by atoms with Gasteiger partial charge in [-0.05, 0) is 55.6 Å². The summed E-state index contributed by atoms with van der Waals surface area (Å²) >= 11 is 2.08. The standard InChI is InChI=1S/C16H23NS/c1-11-6-7-15(17)13(8-11)10-14-9-12-4-2-3-5-16(12)18-14/h2-5,11,13-15H,6-10,17H2,1H3. The van der Waals surface area contributed by atoms with Crippen molar-refractivity contribution in [3.63, 3.8) is 0 Å². The van der Waals surface area contributed by atoms with Crippen LogP contribution in [0.15, 0.2) is 29.2 Å². The van der Waals surface area contributed by atoms with Gasteiger partial charge in [0.2, 0.25) is 0 Å². The summed E-state index contributed by atoms with van der Waals surface area (Å²) in [5.41, 5.74) is 7.86. The van der Waals surface area contributed by atoms with Crippen molar-refractivity contribution < 1.29 is 0 Å². The average molecular weight is 261 g/mol. The van der Waals surface area contributed by atoms with E-state index in [0.717, 1.165) is 17.1 Å². The first-order chi connectivity index (χ1) is 8.72. The summed E-state index contributed by atoms with van der Waals surface area (Å²) in [5.74, 6) is 1.63. The van der Waals surface area contributed by atoms with Crippen molar-refractivity contribution in [1.29, 1.82) is 0 Å². The highest BCUT2D eigenvalue weighted by Crippen LogP contribution is 2.42. The number of hydrogen-bond donors (Lipinski definition) is 1. The summed E-state index contributed by atoms with van der Waals surface area (Å²) in [5, 5.41) is 0.767. The Morgan fingerprint density at radius 1 is 1.28 bits per heavy atom. The lowest BCUT2D eigenvalue weighted by Gasteiger charge is -2.33. The summed E-state index contributed by atoms with van der Waals surface area (Å²) in [7, 11) is 0. The van der Waals surface area contributed by atoms with Gasteiger partial charge in [-0.2, -0.15) is 0 Å². The number of rotatable bonds is 2. The molecule has 18 heavy (non-hydrogen) atoms. The molecule has 1 heterocycles. The van der Waals surface area contributed by atoms with Crippen LogP contribution in [-0.2, 0) is 6.42 Å². The molecule has 1 aromatic carbocycles. The SMILES string of the molecule is CC1CCC(N)C(CC2Cc3ccccc3S2)C1. The van der Waals surface area contributed by atoms with Crippen LogP contribution in [0.5, 0.6) is 0 Å². The lowest BCUT2D eigenvalue weighted by molar-refractivity contribution is 0.233. The van der Waals surface area contributed by atoms with Gasteiger partial charge in [-0.15, -0.1) is 11.8 Å². The van der Waals surface area contributed by atoms with E-state index in [0.29, 0.717) is 6.04 Å². The minimum atomic E-state index is 0.450. The zero-order valence-corrected chi connectivity index (χ0v) is 12.0. The number of benzene rings is 1. The largest absolute Gasteiger partial charge is 0.327 e. The van der Waals surface area contributed by atoms with E-state index in [1.807, 2.05) is 0 Å². The second-order valence-electron chi connectivity index (χ2n) is 6.13. The highest BCUT2D eigenvalue weighted by Gasteiger charge is 2.31. The van der Waals surface area contributed by atoms with Crippen molar-refractivity contribution in [3.8, 4) is 0 Å². The van der Waals surface area contributed by atoms with E-state index in [4.69, 9.17) is 5.73 Å². The first kappa shape index (κ1) is 12.6. The smallest absolute Gasteiger partial charge is 0.0138 e. The van der Waals surface area contributed by atoms with Gasteiger partial charge in [0.15, 0.2) is 0 Å². The summed E-state index contributed by atoms with van der Waals surface area (Å²) in [4.78, 5) is 1.50. The molecule has 2 N–H and O–H groups in total. The second-order valence-corrected chi connectivity index (χ2v) is 7.47. The minimum Gasteiger partial charge on any atom is -0.327 e. The van der Waals surface area contributed by atoms with Gasteiger partial charge in [0, 0.05) is 16.2 Å². The van der Waals surface area contributed by atoms with E-state index >= 15 is 0 Å². The van der Waals surface area contributed by atoms with Gasteiger partial charge in [0.05, 0.1) is 0 Å². The molecule has 0 spiro atoms. The Bertz CT molecular complexity index is 392. The fourth-order valence-corrected chi connectivity index (χ4v) is 4.94. The molecule has 0 saturated heterocycles. The Hall–Kier alpha value is -0.470. The molecular formula is C16H23NS. The Kier molecular flexibility index (Phi) is 3.67. The maximum absolute atomic E-state index is 6.32. The van der Waals surface area contributed by atoms with Crippen molar-refractivity contribution >= 4 is 11.8 Å². The Morgan fingerprint density at radius 3 is 2.94 bits per heavy atom. The highest BCUT2D eigenvalue weighted by molar-refractivity contribution is 8.00. The monoisotopic (exact) mass is 261 g/mol. The van der Waals surface area contributed by atoms with Crippen molar-refractivity contribution in [3.05, 3.63) is 29.8 Å². The Labute approximate surface area is 115 Å². The van der Waals surface area contributed by atoms with Crippen molar-refractivity contribution in [2.45, 2.75) is 55.2 Å². The van der Waals surface area contributed by atoms with Gasteiger partial charge in [-0.25, -0.2) is 0 Å². The normalized spacial score (nSPS) is 35.4. The van der Waals surface area contributed by atoms with Crippen LogP contribution >= 0.6 is 11.8 Å². The first-order valence-corrected chi connectivity index (χ1v) is 8.10. The van der Waals surface area contributed by atoms with Gasteiger partial charge in [0.25, 0.3) is 0 Å². The molecule has 1 aromatic rings. The molecule has 2 heteroatoms. The Morgan fingerprint density at radius 2 is 2.11 bits per heavy atom. The summed E-state index contributed by atoms with van der Waals surface area (Å²) in [6, 6.07) is 9.32. The molecule has 0 bridgehead atoms. The molecular weight excluding hydrogens is 238 g/mol. The van der Waals surface area contributed by atoms with E-state index < -0.39 is 0 Å². The third-order valence-corrected chi connectivity index (χ3v) is 5.93. The van der Waals surface area contributed by atoms with E-state index in [1.54, 1.807) is 5.56 Å². The molecule has 1 aliphatic heterocycles. The third kappa shape index (κ3) is 2.60. The molecule has 0 amide bonds. The highest BCUT2D eigenvalue weighted by atomic mass is 32.2.